The van der Waals surface area contributed by atoms with E-state index in [1.165, 1.54) is 55.9 Å². The number of fused-ring (bicyclic) bond motifs is 1. The molecule has 0 aliphatic rings. The minimum absolute atomic E-state index is 0.108. The van der Waals surface area contributed by atoms with Crippen LogP contribution in [0.4, 0.5) is 15.8 Å². The molecule has 3 aromatic heterocycles. The van der Waals surface area contributed by atoms with Crippen LogP contribution < -0.4 is 9.46 Å². The van der Waals surface area contributed by atoms with Gasteiger partial charge in [0.1, 0.15) is 10.5 Å². The number of carbonyl (C=O) groups excluding carboxylic acids is 1. The summed E-state index contributed by atoms with van der Waals surface area (Å²) in [5, 5.41) is 0.359. The van der Waals surface area contributed by atoms with Gasteiger partial charge in [-0.15, -0.1) is 0 Å². The van der Waals surface area contributed by atoms with Crippen LogP contribution in [0.25, 0.3) is 15.9 Å². The van der Waals surface area contributed by atoms with Gasteiger partial charge in [-0.3, -0.25) is 14.5 Å². The maximum atomic E-state index is 15.2. The Morgan fingerprint density at radius 2 is 2.00 bits per heavy atom. The first kappa shape index (κ1) is 21.0. The zero-order valence-corrected chi connectivity index (χ0v) is 17.3. The second-order valence-electron chi connectivity index (χ2n) is 6.54. The Bertz CT molecular complexity index is 1490. The molecule has 0 saturated heterocycles. The minimum atomic E-state index is -4.17. The number of nitrogens with one attached hydrogen (secondary N) is 2. The van der Waals surface area contributed by atoms with Crippen molar-refractivity contribution >= 4 is 38.2 Å². The molecule has 3 heterocycles. The molecule has 0 radical (unpaired) electrons. The summed E-state index contributed by atoms with van der Waals surface area (Å²) in [6.07, 6.45) is 3.79. The lowest BCUT2D eigenvalue weighted by atomic mass is 10.0. The van der Waals surface area contributed by atoms with Crippen LogP contribution in [0.3, 0.4) is 0 Å². The topological polar surface area (TPSA) is 118 Å². The lowest BCUT2D eigenvalue weighted by molar-refractivity contribution is 0.103. The largest absolute Gasteiger partial charge is 0.481 e. The van der Waals surface area contributed by atoms with Crippen molar-refractivity contribution in [3.05, 3.63) is 83.4 Å². The van der Waals surface area contributed by atoms with Gasteiger partial charge in [-0.25, -0.2) is 22.6 Å². The molecular weight excluding hydrogens is 437 g/mol. The first-order chi connectivity index (χ1) is 15.3. The van der Waals surface area contributed by atoms with E-state index in [1.807, 2.05) is 0 Å². The normalized spacial score (nSPS) is 11.2. The number of H-pyrrole nitrogens is 1. The van der Waals surface area contributed by atoms with E-state index in [0.29, 0.717) is 11.0 Å². The minimum Gasteiger partial charge on any atom is -0.481 e. The van der Waals surface area contributed by atoms with Crippen molar-refractivity contribution in [1.29, 1.82) is 0 Å². The molecule has 11 heteroatoms. The molecule has 0 aliphatic carbocycles. The monoisotopic (exact) mass is 451 g/mol. The Labute approximate surface area is 181 Å². The quantitative estimate of drug-likeness (QED) is 0.341. The smallest absolute Gasteiger partial charge is 0.263 e. The number of nitrogens with zero attached hydrogens (tertiary/aromatic N) is 3. The first-order valence-corrected chi connectivity index (χ1v) is 10.5. The Hall–Kier alpha value is -4.30. The number of benzene rings is 1. The molecule has 32 heavy (non-hydrogen) atoms. The molecule has 0 fully saturated rings. The van der Waals surface area contributed by atoms with Crippen LogP contribution in [-0.2, 0) is 10.0 Å². The van der Waals surface area contributed by atoms with Crippen LogP contribution in [0.5, 0.6) is 5.88 Å². The molecule has 1 aromatic carbocycles. The summed E-state index contributed by atoms with van der Waals surface area (Å²) in [5.41, 5.74) is -0.0406. The van der Waals surface area contributed by atoms with Gasteiger partial charge in [-0.2, -0.15) is 0 Å². The summed E-state index contributed by atoms with van der Waals surface area (Å²) in [5.74, 6) is -1.51. The van der Waals surface area contributed by atoms with Crippen molar-refractivity contribution in [3.63, 3.8) is 0 Å². The molecular formula is C21H14FN5O4S. The molecule has 0 amide bonds. The maximum absolute atomic E-state index is 15.2. The number of aromatic amines is 1. The second-order valence-corrected chi connectivity index (χ2v) is 8.22. The van der Waals surface area contributed by atoms with Crippen molar-refractivity contribution < 1.29 is 22.3 Å². The summed E-state index contributed by atoms with van der Waals surface area (Å²) in [6.45, 7) is 7.11. The van der Waals surface area contributed by atoms with Crippen molar-refractivity contribution in [3.8, 4) is 5.88 Å². The highest BCUT2D eigenvalue weighted by Gasteiger charge is 2.23. The lowest BCUT2D eigenvalue weighted by Gasteiger charge is -2.11. The molecule has 160 valence electrons. The molecule has 0 atom stereocenters. The van der Waals surface area contributed by atoms with E-state index in [2.05, 4.69) is 24.5 Å². The maximum Gasteiger partial charge on any atom is 0.263 e. The van der Waals surface area contributed by atoms with E-state index < -0.39 is 27.3 Å². The zero-order valence-electron chi connectivity index (χ0n) is 16.5. The van der Waals surface area contributed by atoms with Gasteiger partial charge in [0.2, 0.25) is 11.6 Å². The number of anilines is 1. The number of hydrogen-bond donors (Lipinski definition) is 2. The number of methoxy groups -OCH3 is 1. The number of ether oxygens (including phenoxy) is 1. The van der Waals surface area contributed by atoms with E-state index in [-0.39, 0.29) is 27.6 Å². The van der Waals surface area contributed by atoms with Gasteiger partial charge < -0.3 is 9.72 Å². The Morgan fingerprint density at radius 3 is 2.69 bits per heavy atom. The SMILES string of the molecule is [C-]#[N+]c1cnc2[nH]cc(C(=O)c3cccc(NS(=O)(=O)c4ccc(OC)nc4)c3F)c2c1. The van der Waals surface area contributed by atoms with Crippen molar-refractivity contribution in [2.75, 3.05) is 11.8 Å². The van der Waals surface area contributed by atoms with Gasteiger partial charge in [-0.05, 0) is 24.3 Å². The van der Waals surface area contributed by atoms with Crippen molar-refractivity contribution in [1.82, 2.24) is 15.0 Å². The average molecular weight is 451 g/mol. The number of pyridine rings is 2. The number of ketones is 1. The van der Waals surface area contributed by atoms with Crippen molar-refractivity contribution in [2.24, 2.45) is 0 Å². The van der Waals surface area contributed by atoms with Crippen LogP contribution in [0.15, 0.2) is 59.9 Å². The third-order valence-corrected chi connectivity index (χ3v) is 5.96. The highest BCUT2D eigenvalue weighted by atomic mass is 32.2. The van der Waals surface area contributed by atoms with Crippen LogP contribution in [-0.4, -0.2) is 36.3 Å². The lowest BCUT2D eigenvalue weighted by Crippen LogP contribution is -2.15. The predicted molar refractivity (Wildman–Crippen MR) is 114 cm³/mol. The predicted octanol–water partition coefficient (Wildman–Crippen LogP) is 3.69. The van der Waals surface area contributed by atoms with E-state index in [1.54, 1.807) is 0 Å². The molecule has 2 N–H and O–H groups in total. The molecule has 0 saturated carbocycles. The summed E-state index contributed by atoms with van der Waals surface area (Å²) in [4.78, 5) is 26.8. The number of aromatic nitrogens is 3. The summed E-state index contributed by atoms with van der Waals surface area (Å²) < 4.78 is 47.4. The van der Waals surface area contributed by atoms with Gasteiger partial charge in [0.05, 0.1) is 31.1 Å². The fourth-order valence-corrected chi connectivity index (χ4v) is 4.03. The Morgan fingerprint density at radius 1 is 1.19 bits per heavy atom. The van der Waals surface area contributed by atoms with E-state index in [9.17, 15) is 13.2 Å². The van der Waals surface area contributed by atoms with Gasteiger partial charge in [0, 0.05) is 29.4 Å². The van der Waals surface area contributed by atoms with Crippen LogP contribution in [0, 0.1) is 12.4 Å². The highest BCUT2D eigenvalue weighted by Crippen LogP contribution is 2.28. The standard InChI is InChI=1S/C21H14FN5O4S/c1-23-12-8-15-16(11-26-21(15)25-9-12)20(28)14-4-3-5-17(19(14)22)27-32(29,30)13-6-7-18(31-2)24-10-13/h3-11,27H,2H3,(H,25,26). The first-order valence-electron chi connectivity index (χ1n) is 9.04. The van der Waals surface area contributed by atoms with E-state index >= 15 is 4.39 Å². The highest BCUT2D eigenvalue weighted by molar-refractivity contribution is 7.92. The molecule has 0 spiro atoms. The fraction of sp³-hybridized carbons (Fsp3) is 0.0476. The third-order valence-electron chi connectivity index (χ3n) is 4.61. The van der Waals surface area contributed by atoms with Crippen LogP contribution in [0.1, 0.15) is 15.9 Å². The number of rotatable bonds is 6. The Balaban J connectivity index is 1.70. The summed E-state index contributed by atoms with van der Waals surface area (Å²) in [7, 11) is -2.78. The number of carbonyl (C=O) groups is 1. The average Bonchev–Trinajstić information content (AvgIpc) is 3.23. The van der Waals surface area contributed by atoms with Gasteiger partial charge in [0.25, 0.3) is 10.0 Å². The number of sulfonamides is 1. The molecule has 9 nitrogen and oxygen atoms in total. The van der Waals surface area contributed by atoms with Gasteiger partial charge >= 0.3 is 0 Å². The van der Waals surface area contributed by atoms with E-state index in [0.717, 1.165) is 6.20 Å². The van der Waals surface area contributed by atoms with Crippen molar-refractivity contribution in [2.45, 2.75) is 4.90 Å². The second kappa shape index (κ2) is 8.09. The fourth-order valence-electron chi connectivity index (χ4n) is 3.02. The van der Waals surface area contributed by atoms with Gasteiger partial charge in [-0.1, -0.05) is 6.07 Å². The number of halogens is 1. The van der Waals surface area contributed by atoms with E-state index in [4.69, 9.17) is 11.3 Å². The molecule has 4 aromatic rings. The molecule has 0 bridgehead atoms. The number of hydrogen-bond acceptors (Lipinski definition) is 6. The molecule has 0 unspecified atom stereocenters. The summed E-state index contributed by atoms with van der Waals surface area (Å²) in [6, 6.07) is 7.89. The zero-order chi connectivity index (χ0) is 22.9. The molecule has 4 rings (SSSR count). The van der Waals surface area contributed by atoms with Gasteiger partial charge in [0.15, 0.2) is 11.6 Å². The van der Waals surface area contributed by atoms with Crippen LogP contribution in [0.2, 0.25) is 0 Å². The summed E-state index contributed by atoms with van der Waals surface area (Å²) >= 11 is 0. The van der Waals surface area contributed by atoms with Crippen LogP contribution >= 0.6 is 0 Å². The third kappa shape index (κ3) is 3.75. The Kier molecular flexibility index (Phi) is 5.29. The molecule has 0 aliphatic heterocycles.